The molecule has 0 fully saturated rings. The maximum absolute atomic E-state index is 12.8. The van der Waals surface area contributed by atoms with Gasteiger partial charge < -0.3 is 5.73 Å². The molecule has 0 spiro atoms. The summed E-state index contributed by atoms with van der Waals surface area (Å²) in [4.78, 5) is 3.06. The summed E-state index contributed by atoms with van der Waals surface area (Å²) < 4.78 is 37.5. The molecule has 74 valence electrons. The van der Waals surface area contributed by atoms with Crippen LogP contribution in [0, 0.1) is 17.3 Å². The zero-order valence-electron chi connectivity index (χ0n) is 6.97. The van der Waals surface area contributed by atoms with E-state index in [9.17, 15) is 13.2 Å². The average molecular weight is 201 g/mol. The van der Waals surface area contributed by atoms with Crippen LogP contribution in [0.25, 0.3) is 0 Å². The van der Waals surface area contributed by atoms with Crippen molar-refractivity contribution in [1.82, 2.24) is 4.98 Å². The van der Waals surface area contributed by atoms with Gasteiger partial charge in [0.25, 0.3) is 6.43 Å². The molecule has 2 N–H and O–H groups in total. The highest BCUT2D eigenvalue weighted by molar-refractivity contribution is 5.41. The van der Waals surface area contributed by atoms with Crippen molar-refractivity contribution < 1.29 is 13.2 Å². The van der Waals surface area contributed by atoms with Crippen molar-refractivity contribution in [1.29, 1.82) is 5.26 Å². The van der Waals surface area contributed by atoms with Crippen LogP contribution < -0.4 is 5.73 Å². The highest BCUT2D eigenvalue weighted by Gasteiger charge is 2.21. The predicted molar refractivity (Wildman–Crippen MR) is 41.8 cm³/mol. The van der Waals surface area contributed by atoms with Gasteiger partial charge in [-0.05, 0) is 5.56 Å². The van der Waals surface area contributed by atoms with Gasteiger partial charge in [0.15, 0.2) is 0 Å². The van der Waals surface area contributed by atoms with Crippen molar-refractivity contribution in [3.05, 3.63) is 28.8 Å². The van der Waals surface area contributed by atoms with E-state index < -0.39 is 17.9 Å². The highest BCUT2D eigenvalue weighted by Crippen LogP contribution is 2.26. The number of hydrogen-bond donors (Lipinski definition) is 1. The number of aromatic nitrogens is 1. The number of nitriles is 1. The van der Waals surface area contributed by atoms with Crippen LogP contribution in [0.5, 0.6) is 0 Å². The Morgan fingerprint density at radius 1 is 1.57 bits per heavy atom. The molecule has 0 aliphatic rings. The first-order valence-corrected chi connectivity index (χ1v) is 3.67. The molecule has 0 radical (unpaired) electrons. The van der Waals surface area contributed by atoms with Gasteiger partial charge >= 0.3 is 0 Å². The molecular formula is C8H6F3N3. The lowest BCUT2D eigenvalue weighted by atomic mass is 10.1. The van der Waals surface area contributed by atoms with Crippen molar-refractivity contribution in [2.75, 3.05) is 0 Å². The Balaban J connectivity index is 3.45. The summed E-state index contributed by atoms with van der Waals surface area (Å²) in [6.07, 6.45) is -2.13. The van der Waals surface area contributed by atoms with Gasteiger partial charge in [-0.2, -0.15) is 9.65 Å². The Kier molecular flexibility index (Phi) is 3.04. The van der Waals surface area contributed by atoms with Crippen molar-refractivity contribution >= 4 is 0 Å². The molecule has 0 aromatic carbocycles. The van der Waals surface area contributed by atoms with E-state index in [2.05, 4.69) is 4.98 Å². The summed E-state index contributed by atoms with van der Waals surface area (Å²) in [6, 6.07) is 1.63. The van der Waals surface area contributed by atoms with Gasteiger partial charge in [-0.15, -0.1) is 0 Å². The summed E-state index contributed by atoms with van der Waals surface area (Å²) in [7, 11) is 0. The normalized spacial score (nSPS) is 10.3. The summed E-state index contributed by atoms with van der Waals surface area (Å²) in [5, 5.41) is 8.53. The Morgan fingerprint density at radius 3 is 2.64 bits per heavy atom. The molecule has 14 heavy (non-hydrogen) atoms. The third kappa shape index (κ3) is 1.67. The SMILES string of the molecule is N#Cc1cnc(F)c(C(F)F)c1CN. The van der Waals surface area contributed by atoms with Gasteiger partial charge in [0.1, 0.15) is 6.07 Å². The minimum absolute atomic E-state index is 0.121. The molecule has 0 saturated carbocycles. The predicted octanol–water partition coefficient (Wildman–Crippen LogP) is 1.49. The summed E-state index contributed by atoms with van der Waals surface area (Å²) in [5.41, 5.74) is 3.97. The molecule has 0 atom stereocenters. The Hall–Kier alpha value is -1.61. The molecule has 0 amide bonds. The molecule has 1 aromatic rings. The van der Waals surface area contributed by atoms with E-state index >= 15 is 0 Å². The third-order valence-corrected chi connectivity index (χ3v) is 1.72. The van der Waals surface area contributed by atoms with Crippen LogP contribution in [0.3, 0.4) is 0 Å². The van der Waals surface area contributed by atoms with Gasteiger partial charge in [0, 0.05) is 12.7 Å². The zero-order chi connectivity index (χ0) is 10.7. The number of pyridine rings is 1. The lowest BCUT2D eigenvalue weighted by Gasteiger charge is -2.08. The van der Waals surface area contributed by atoms with E-state index in [4.69, 9.17) is 11.0 Å². The summed E-state index contributed by atoms with van der Waals surface area (Å²) in [6.45, 7) is -0.317. The smallest absolute Gasteiger partial charge is 0.268 e. The van der Waals surface area contributed by atoms with E-state index in [1.54, 1.807) is 6.07 Å². The average Bonchev–Trinajstić information content (AvgIpc) is 2.16. The van der Waals surface area contributed by atoms with Crippen molar-refractivity contribution in [3.63, 3.8) is 0 Å². The number of nitrogens with zero attached hydrogens (tertiary/aromatic N) is 2. The van der Waals surface area contributed by atoms with Crippen LogP contribution in [-0.4, -0.2) is 4.98 Å². The number of rotatable bonds is 2. The zero-order valence-corrected chi connectivity index (χ0v) is 6.97. The van der Waals surface area contributed by atoms with E-state index in [0.29, 0.717) is 0 Å². The second kappa shape index (κ2) is 4.07. The Bertz CT molecular complexity index is 384. The van der Waals surface area contributed by atoms with Crippen LogP contribution in [0.1, 0.15) is 23.1 Å². The molecule has 0 aliphatic heterocycles. The van der Waals surface area contributed by atoms with Crippen LogP contribution in [0.4, 0.5) is 13.2 Å². The van der Waals surface area contributed by atoms with Crippen molar-refractivity contribution in [2.45, 2.75) is 13.0 Å². The fourth-order valence-electron chi connectivity index (χ4n) is 1.08. The number of nitrogens with two attached hydrogens (primary N) is 1. The monoisotopic (exact) mass is 201 g/mol. The minimum Gasteiger partial charge on any atom is -0.326 e. The molecule has 0 saturated heterocycles. The minimum atomic E-state index is -3.02. The fourth-order valence-corrected chi connectivity index (χ4v) is 1.08. The Labute approximate surface area is 78.0 Å². The first kappa shape index (κ1) is 10.5. The van der Waals surface area contributed by atoms with Gasteiger partial charge in [0.05, 0.1) is 11.1 Å². The maximum atomic E-state index is 12.8. The summed E-state index contributed by atoms with van der Waals surface area (Å²) >= 11 is 0. The topological polar surface area (TPSA) is 62.7 Å². The van der Waals surface area contributed by atoms with E-state index in [1.165, 1.54) is 0 Å². The lowest BCUT2D eigenvalue weighted by Crippen LogP contribution is -2.09. The largest absolute Gasteiger partial charge is 0.326 e. The molecular weight excluding hydrogens is 195 g/mol. The van der Waals surface area contributed by atoms with E-state index in [1.807, 2.05) is 0 Å². The second-order valence-electron chi connectivity index (χ2n) is 2.47. The molecule has 1 aromatic heterocycles. The van der Waals surface area contributed by atoms with Crippen LogP contribution >= 0.6 is 0 Å². The van der Waals surface area contributed by atoms with Crippen molar-refractivity contribution in [2.24, 2.45) is 5.73 Å². The molecule has 3 nitrogen and oxygen atoms in total. The molecule has 6 heteroatoms. The van der Waals surface area contributed by atoms with Gasteiger partial charge in [-0.1, -0.05) is 0 Å². The summed E-state index contributed by atoms with van der Waals surface area (Å²) in [5.74, 6) is -1.28. The quantitative estimate of drug-likeness (QED) is 0.737. The van der Waals surface area contributed by atoms with Crippen LogP contribution in [0.15, 0.2) is 6.20 Å². The maximum Gasteiger partial charge on any atom is 0.268 e. The first-order valence-electron chi connectivity index (χ1n) is 3.67. The second-order valence-corrected chi connectivity index (χ2v) is 2.47. The Morgan fingerprint density at radius 2 is 2.21 bits per heavy atom. The molecule has 0 aliphatic carbocycles. The van der Waals surface area contributed by atoms with Gasteiger partial charge in [-0.3, -0.25) is 0 Å². The molecule has 0 unspecified atom stereocenters. The van der Waals surface area contributed by atoms with Gasteiger partial charge in [-0.25, -0.2) is 13.8 Å². The standard InChI is InChI=1S/C8H6F3N3/c9-7(10)6-5(2-13)4(1-12)3-14-8(6)11/h3,7H,2,13H2. The van der Waals surface area contributed by atoms with E-state index in [-0.39, 0.29) is 17.7 Å². The van der Waals surface area contributed by atoms with Crippen LogP contribution in [0.2, 0.25) is 0 Å². The first-order chi connectivity index (χ1) is 6.61. The third-order valence-electron chi connectivity index (χ3n) is 1.72. The van der Waals surface area contributed by atoms with Crippen molar-refractivity contribution in [3.8, 4) is 6.07 Å². The number of hydrogen-bond acceptors (Lipinski definition) is 3. The number of halogens is 3. The lowest BCUT2D eigenvalue weighted by molar-refractivity contribution is 0.144. The fraction of sp³-hybridized carbons (Fsp3) is 0.250. The van der Waals surface area contributed by atoms with Crippen LogP contribution in [-0.2, 0) is 6.54 Å². The molecule has 1 rings (SSSR count). The van der Waals surface area contributed by atoms with Gasteiger partial charge in [0.2, 0.25) is 5.95 Å². The molecule has 0 bridgehead atoms. The highest BCUT2D eigenvalue weighted by atomic mass is 19.3. The van der Waals surface area contributed by atoms with E-state index in [0.717, 1.165) is 6.20 Å². The number of alkyl halides is 2. The molecule has 1 heterocycles.